The summed E-state index contributed by atoms with van der Waals surface area (Å²) in [5, 5.41) is 14.0. The van der Waals surface area contributed by atoms with Crippen LogP contribution in [0, 0.1) is 5.41 Å². The van der Waals surface area contributed by atoms with Crippen LogP contribution >= 0.6 is 0 Å². The first-order valence-corrected chi connectivity index (χ1v) is 7.35. The molecule has 1 aliphatic rings. The van der Waals surface area contributed by atoms with E-state index in [9.17, 15) is 14.7 Å². The number of aryl methyl sites for hydroxylation is 2. The van der Waals surface area contributed by atoms with Crippen LogP contribution in [0.4, 0.5) is 0 Å². The van der Waals surface area contributed by atoms with Gasteiger partial charge in [-0.15, -0.1) is 0 Å². The molecule has 5 heteroatoms. The molecule has 20 heavy (non-hydrogen) atoms. The maximum absolute atomic E-state index is 12.2. The van der Waals surface area contributed by atoms with E-state index >= 15 is 0 Å². The number of hydrogen-bond donors (Lipinski definition) is 1. The van der Waals surface area contributed by atoms with Crippen molar-refractivity contribution in [3.63, 3.8) is 0 Å². The highest BCUT2D eigenvalue weighted by Crippen LogP contribution is 2.37. The lowest BCUT2D eigenvalue weighted by atomic mass is 9.70. The van der Waals surface area contributed by atoms with Gasteiger partial charge in [0.1, 0.15) is 5.41 Å². The van der Waals surface area contributed by atoms with Crippen LogP contribution in [0.2, 0.25) is 0 Å². The molecule has 1 atom stereocenters. The average Bonchev–Trinajstić information content (AvgIpc) is 2.83. The Bertz CT molecular complexity index is 521. The van der Waals surface area contributed by atoms with E-state index in [1.54, 1.807) is 0 Å². The molecule has 1 saturated carbocycles. The Hall–Kier alpha value is -1.65. The number of Topliss-reactive ketones (excluding diaryl/α,β-unsaturated/α-hetero) is 1. The van der Waals surface area contributed by atoms with Gasteiger partial charge in [0.25, 0.3) is 0 Å². The smallest absolute Gasteiger partial charge is 0.317 e. The summed E-state index contributed by atoms with van der Waals surface area (Å²) >= 11 is 0. The van der Waals surface area contributed by atoms with Crippen molar-refractivity contribution in [1.29, 1.82) is 0 Å². The topological polar surface area (TPSA) is 72.2 Å². The predicted octanol–water partition coefficient (Wildman–Crippen LogP) is 2.22. The molecule has 1 N–H and O–H groups in total. The van der Waals surface area contributed by atoms with Crippen molar-refractivity contribution in [2.24, 2.45) is 5.41 Å². The first-order chi connectivity index (χ1) is 9.53. The highest BCUT2D eigenvalue weighted by atomic mass is 16.4. The number of ketones is 1. The average molecular weight is 278 g/mol. The molecule has 1 aromatic rings. The summed E-state index contributed by atoms with van der Waals surface area (Å²) in [6, 6.07) is 1.94. The van der Waals surface area contributed by atoms with Gasteiger partial charge in [-0.05, 0) is 32.3 Å². The minimum Gasteiger partial charge on any atom is -0.480 e. The van der Waals surface area contributed by atoms with Crippen LogP contribution in [0.3, 0.4) is 0 Å². The molecule has 0 amide bonds. The molecule has 1 heterocycles. The molecule has 2 rings (SSSR count). The van der Waals surface area contributed by atoms with Crippen molar-refractivity contribution in [3.05, 3.63) is 17.5 Å². The van der Waals surface area contributed by atoms with Gasteiger partial charge in [0.2, 0.25) is 0 Å². The fraction of sp³-hybridized carbons (Fsp3) is 0.667. The molecular formula is C15H22N2O3. The molecule has 0 spiro atoms. The van der Waals surface area contributed by atoms with E-state index in [0.717, 1.165) is 30.7 Å². The summed E-state index contributed by atoms with van der Waals surface area (Å²) in [5.74, 6) is -1.11. The van der Waals surface area contributed by atoms with E-state index in [0.29, 0.717) is 19.4 Å². The second-order valence-corrected chi connectivity index (χ2v) is 5.49. The van der Waals surface area contributed by atoms with Crippen LogP contribution in [-0.2, 0) is 29.0 Å². The zero-order valence-corrected chi connectivity index (χ0v) is 12.2. The molecule has 5 nitrogen and oxygen atoms in total. The van der Waals surface area contributed by atoms with Crippen molar-refractivity contribution in [1.82, 2.24) is 9.78 Å². The SMILES string of the molecule is CCc1cc(CC2(C(=O)O)CCCCC2=O)n(CC)n1. The van der Waals surface area contributed by atoms with Crippen LogP contribution in [0.25, 0.3) is 0 Å². The Morgan fingerprint density at radius 2 is 2.20 bits per heavy atom. The maximum atomic E-state index is 12.2. The number of rotatable bonds is 5. The van der Waals surface area contributed by atoms with E-state index in [4.69, 9.17) is 0 Å². The summed E-state index contributed by atoms with van der Waals surface area (Å²) in [6.45, 7) is 4.69. The van der Waals surface area contributed by atoms with Crippen molar-refractivity contribution >= 4 is 11.8 Å². The van der Waals surface area contributed by atoms with Gasteiger partial charge in [-0.25, -0.2) is 0 Å². The third-order valence-corrected chi connectivity index (χ3v) is 4.26. The van der Waals surface area contributed by atoms with Gasteiger partial charge in [-0.3, -0.25) is 14.3 Å². The third kappa shape index (κ3) is 2.49. The predicted molar refractivity (Wildman–Crippen MR) is 74.5 cm³/mol. The summed E-state index contributed by atoms with van der Waals surface area (Å²) in [7, 11) is 0. The Morgan fingerprint density at radius 3 is 2.75 bits per heavy atom. The van der Waals surface area contributed by atoms with Crippen molar-refractivity contribution in [2.45, 2.75) is 58.9 Å². The Balaban J connectivity index is 2.35. The number of carbonyl (C=O) groups is 2. The largest absolute Gasteiger partial charge is 0.480 e. The number of carbonyl (C=O) groups excluding carboxylic acids is 1. The summed E-state index contributed by atoms with van der Waals surface area (Å²) < 4.78 is 1.82. The number of nitrogens with zero attached hydrogens (tertiary/aromatic N) is 2. The molecule has 0 aromatic carbocycles. The van der Waals surface area contributed by atoms with Gasteiger partial charge in [-0.1, -0.05) is 13.3 Å². The first kappa shape index (κ1) is 14.8. The molecule has 0 bridgehead atoms. The lowest BCUT2D eigenvalue weighted by Crippen LogP contribution is -2.44. The molecule has 1 unspecified atom stereocenters. The van der Waals surface area contributed by atoms with Gasteiger partial charge < -0.3 is 5.11 Å². The maximum Gasteiger partial charge on any atom is 0.317 e. The molecule has 1 aliphatic carbocycles. The van der Waals surface area contributed by atoms with Gasteiger partial charge in [-0.2, -0.15) is 5.10 Å². The first-order valence-electron chi connectivity index (χ1n) is 7.35. The van der Waals surface area contributed by atoms with Gasteiger partial charge >= 0.3 is 5.97 Å². The fourth-order valence-electron chi connectivity index (χ4n) is 2.99. The molecule has 1 aromatic heterocycles. The molecule has 1 fully saturated rings. The monoisotopic (exact) mass is 278 g/mol. The number of hydrogen-bond acceptors (Lipinski definition) is 3. The van der Waals surface area contributed by atoms with Gasteiger partial charge in [0.05, 0.1) is 5.69 Å². The molecule has 0 aliphatic heterocycles. The van der Waals surface area contributed by atoms with E-state index in [2.05, 4.69) is 5.10 Å². The quantitative estimate of drug-likeness (QED) is 0.838. The zero-order valence-electron chi connectivity index (χ0n) is 12.2. The minimum atomic E-state index is -1.24. The van der Waals surface area contributed by atoms with E-state index in [-0.39, 0.29) is 12.2 Å². The second kappa shape index (κ2) is 5.77. The normalized spacial score (nSPS) is 23.0. The highest BCUT2D eigenvalue weighted by molar-refractivity contribution is 6.03. The molecule has 110 valence electrons. The van der Waals surface area contributed by atoms with E-state index in [1.165, 1.54) is 0 Å². The summed E-state index contributed by atoms with van der Waals surface area (Å²) in [4.78, 5) is 23.9. The standard InChI is InChI=1S/C15H22N2O3/c1-3-11-9-12(17(4-2)16-11)10-15(14(19)20)8-6-5-7-13(15)18/h9H,3-8,10H2,1-2H3,(H,19,20). The Morgan fingerprint density at radius 1 is 1.45 bits per heavy atom. The van der Waals surface area contributed by atoms with Gasteiger partial charge in [0, 0.05) is 25.1 Å². The molecule has 0 saturated heterocycles. The lowest BCUT2D eigenvalue weighted by Gasteiger charge is -2.31. The number of aromatic nitrogens is 2. The Kier molecular flexibility index (Phi) is 4.26. The number of carboxylic acid groups (broad SMARTS) is 1. The Labute approximate surface area is 119 Å². The summed E-state index contributed by atoms with van der Waals surface area (Å²) in [5.41, 5.74) is 0.573. The van der Waals surface area contributed by atoms with Crippen molar-refractivity contribution < 1.29 is 14.7 Å². The van der Waals surface area contributed by atoms with Crippen LogP contribution in [0.15, 0.2) is 6.07 Å². The fourth-order valence-corrected chi connectivity index (χ4v) is 2.99. The van der Waals surface area contributed by atoms with Gasteiger partial charge in [0.15, 0.2) is 5.78 Å². The zero-order chi connectivity index (χ0) is 14.8. The van der Waals surface area contributed by atoms with Crippen molar-refractivity contribution in [3.8, 4) is 0 Å². The lowest BCUT2D eigenvalue weighted by molar-refractivity contribution is -0.157. The third-order valence-electron chi connectivity index (χ3n) is 4.26. The van der Waals surface area contributed by atoms with Crippen molar-refractivity contribution in [2.75, 3.05) is 0 Å². The van der Waals surface area contributed by atoms with Crippen LogP contribution < -0.4 is 0 Å². The minimum absolute atomic E-state index is 0.127. The number of carboxylic acids is 1. The van der Waals surface area contributed by atoms with Crippen LogP contribution in [-0.4, -0.2) is 26.6 Å². The van der Waals surface area contributed by atoms with E-state index < -0.39 is 11.4 Å². The highest BCUT2D eigenvalue weighted by Gasteiger charge is 2.47. The number of aliphatic carboxylic acids is 1. The van der Waals surface area contributed by atoms with E-state index in [1.807, 2.05) is 24.6 Å². The van der Waals surface area contributed by atoms with Crippen LogP contribution in [0.1, 0.15) is 50.9 Å². The van der Waals surface area contributed by atoms with Crippen LogP contribution in [0.5, 0.6) is 0 Å². The molecular weight excluding hydrogens is 256 g/mol. The second-order valence-electron chi connectivity index (χ2n) is 5.49. The molecule has 0 radical (unpaired) electrons. The summed E-state index contributed by atoms with van der Waals surface area (Å²) in [6.07, 6.45) is 3.51.